The van der Waals surface area contributed by atoms with Gasteiger partial charge in [-0.25, -0.2) is 4.98 Å². The van der Waals surface area contributed by atoms with Gasteiger partial charge in [-0.05, 0) is 12.5 Å². The van der Waals surface area contributed by atoms with E-state index in [1.165, 1.54) is 12.3 Å². The highest BCUT2D eigenvalue weighted by atomic mass is 16.6. The summed E-state index contributed by atoms with van der Waals surface area (Å²) in [5.74, 6) is -1.64. The third-order valence-corrected chi connectivity index (χ3v) is 2.96. The number of carbonyl (C=O) groups is 2. The summed E-state index contributed by atoms with van der Waals surface area (Å²) in [6.45, 7) is 1.70. The van der Waals surface area contributed by atoms with Gasteiger partial charge < -0.3 is 5.73 Å². The summed E-state index contributed by atoms with van der Waals surface area (Å²) in [5.41, 5.74) is 5.52. The number of pyridine rings is 1. The molecule has 1 aliphatic heterocycles. The van der Waals surface area contributed by atoms with Crippen LogP contribution in [0.5, 0.6) is 0 Å². The van der Waals surface area contributed by atoms with Crippen LogP contribution in [0.25, 0.3) is 0 Å². The number of rotatable bonds is 3. The number of nitrogens with two attached hydrogens (primary N) is 1. The predicted octanol–water partition coefficient (Wildman–Crippen LogP) is 0.136. The summed E-state index contributed by atoms with van der Waals surface area (Å²) in [6.07, 6.45) is 1.40. The van der Waals surface area contributed by atoms with E-state index in [2.05, 4.69) is 4.98 Å². The Bertz CT molecular complexity index is 572. The van der Waals surface area contributed by atoms with Gasteiger partial charge in [0.15, 0.2) is 0 Å². The van der Waals surface area contributed by atoms with Gasteiger partial charge in [0.1, 0.15) is 0 Å². The second kappa shape index (κ2) is 4.63. The number of amides is 2. The van der Waals surface area contributed by atoms with Gasteiger partial charge in [-0.2, -0.15) is 0 Å². The summed E-state index contributed by atoms with van der Waals surface area (Å²) >= 11 is 0. The van der Waals surface area contributed by atoms with Crippen molar-refractivity contribution < 1.29 is 14.5 Å². The zero-order valence-electron chi connectivity index (χ0n) is 10.2. The lowest BCUT2D eigenvalue weighted by Crippen LogP contribution is -2.29. The number of anilines is 1. The van der Waals surface area contributed by atoms with E-state index in [0.717, 1.165) is 4.90 Å². The molecule has 0 radical (unpaired) electrons. The molecular weight excluding hydrogens is 252 g/mol. The Kier molecular flexibility index (Phi) is 3.16. The lowest BCUT2D eigenvalue weighted by molar-refractivity contribution is -0.384. The molecular formula is C11H12N4O4. The number of carbonyl (C=O) groups excluding carboxylic acids is 2. The van der Waals surface area contributed by atoms with Crippen LogP contribution < -0.4 is 10.6 Å². The normalized spacial score (nSPS) is 18.7. The van der Waals surface area contributed by atoms with Crippen molar-refractivity contribution in [3.63, 3.8) is 0 Å². The van der Waals surface area contributed by atoms with Crippen LogP contribution >= 0.6 is 0 Å². The maximum Gasteiger partial charge on any atom is 0.312 e. The first-order chi connectivity index (χ1) is 8.90. The molecule has 8 heteroatoms. The Morgan fingerprint density at radius 3 is 2.84 bits per heavy atom. The average molecular weight is 264 g/mol. The average Bonchev–Trinajstić information content (AvgIpc) is 2.71. The topological polar surface area (TPSA) is 119 Å². The maximum absolute atomic E-state index is 11.8. The summed E-state index contributed by atoms with van der Waals surface area (Å²) < 4.78 is 0. The molecule has 0 aromatic carbocycles. The number of nitrogens with zero attached hydrogens (tertiary/aromatic N) is 3. The van der Waals surface area contributed by atoms with Crippen LogP contribution in [-0.2, 0) is 9.59 Å². The molecule has 1 aromatic rings. The van der Waals surface area contributed by atoms with Crippen molar-refractivity contribution in [2.45, 2.75) is 13.3 Å². The first-order valence-corrected chi connectivity index (χ1v) is 5.61. The van der Waals surface area contributed by atoms with Crippen LogP contribution in [0, 0.1) is 23.0 Å². The molecule has 1 saturated heterocycles. The Morgan fingerprint density at radius 1 is 1.63 bits per heavy atom. The molecule has 1 fully saturated rings. The molecule has 1 aliphatic rings. The predicted molar refractivity (Wildman–Crippen MR) is 65.3 cm³/mol. The largest absolute Gasteiger partial charge is 0.369 e. The third-order valence-electron chi connectivity index (χ3n) is 2.96. The minimum absolute atomic E-state index is 0.0328. The van der Waals surface area contributed by atoms with E-state index in [9.17, 15) is 19.7 Å². The molecule has 0 aliphatic carbocycles. The highest BCUT2D eigenvalue weighted by Crippen LogP contribution is 2.31. The lowest BCUT2D eigenvalue weighted by Gasteiger charge is -2.15. The van der Waals surface area contributed by atoms with Crippen molar-refractivity contribution in [2.75, 3.05) is 11.4 Å². The molecule has 0 saturated carbocycles. The summed E-state index contributed by atoms with van der Waals surface area (Å²) in [4.78, 5) is 38.4. The van der Waals surface area contributed by atoms with Crippen LogP contribution in [0.1, 0.15) is 12.0 Å². The van der Waals surface area contributed by atoms with Gasteiger partial charge in [0.05, 0.1) is 10.8 Å². The molecule has 19 heavy (non-hydrogen) atoms. The van der Waals surface area contributed by atoms with E-state index in [1.54, 1.807) is 6.92 Å². The molecule has 2 N–H and O–H groups in total. The summed E-state index contributed by atoms with van der Waals surface area (Å²) in [5, 5.41) is 11.0. The zero-order valence-corrected chi connectivity index (χ0v) is 10.2. The minimum atomic E-state index is -0.629. The van der Waals surface area contributed by atoms with Gasteiger partial charge in [0.25, 0.3) is 0 Å². The fourth-order valence-corrected chi connectivity index (χ4v) is 1.99. The maximum atomic E-state index is 11.8. The third kappa shape index (κ3) is 2.37. The minimum Gasteiger partial charge on any atom is -0.369 e. The smallest absolute Gasteiger partial charge is 0.312 e. The Balaban J connectivity index is 2.40. The number of hydrogen-bond acceptors (Lipinski definition) is 5. The molecule has 1 unspecified atom stereocenters. The molecule has 8 nitrogen and oxygen atoms in total. The van der Waals surface area contributed by atoms with Crippen LogP contribution in [-0.4, -0.2) is 28.3 Å². The zero-order chi connectivity index (χ0) is 14.2. The molecule has 1 aromatic heterocycles. The highest BCUT2D eigenvalue weighted by Gasteiger charge is 2.37. The first kappa shape index (κ1) is 12.9. The molecule has 0 bridgehead atoms. The molecule has 0 spiro atoms. The highest BCUT2D eigenvalue weighted by molar-refractivity contribution is 6.00. The van der Waals surface area contributed by atoms with Gasteiger partial charge in [-0.15, -0.1) is 0 Å². The summed E-state index contributed by atoms with van der Waals surface area (Å²) in [6, 6.07) is 1.34. The van der Waals surface area contributed by atoms with Gasteiger partial charge in [-0.1, -0.05) is 0 Å². The Morgan fingerprint density at radius 2 is 2.32 bits per heavy atom. The van der Waals surface area contributed by atoms with Crippen LogP contribution in [0.4, 0.5) is 11.5 Å². The standard InChI is InChI=1S/C11H12N4O4/c1-6-2-8(15(18)19)11(13-4-6)14-5-7(10(12)17)3-9(14)16/h2,4,7H,3,5H2,1H3,(H2,12,17). The molecule has 2 rings (SSSR count). The first-order valence-electron chi connectivity index (χ1n) is 5.61. The van der Waals surface area contributed by atoms with Crippen molar-refractivity contribution >= 4 is 23.3 Å². The Hall–Kier alpha value is -2.51. The quantitative estimate of drug-likeness (QED) is 0.614. The monoisotopic (exact) mass is 264 g/mol. The van der Waals surface area contributed by atoms with Crippen molar-refractivity contribution in [3.05, 3.63) is 27.9 Å². The van der Waals surface area contributed by atoms with E-state index in [1.807, 2.05) is 0 Å². The molecule has 100 valence electrons. The van der Waals surface area contributed by atoms with E-state index in [0.29, 0.717) is 5.56 Å². The van der Waals surface area contributed by atoms with Crippen molar-refractivity contribution in [2.24, 2.45) is 11.7 Å². The summed E-state index contributed by atoms with van der Waals surface area (Å²) in [7, 11) is 0. The lowest BCUT2D eigenvalue weighted by atomic mass is 10.1. The van der Waals surface area contributed by atoms with E-state index < -0.39 is 16.7 Å². The molecule has 1 atom stereocenters. The second-order valence-electron chi connectivity index (χ2n) is 4.42. The number of aromatic nitrogens is 1. The number of aryl methyl sites for hydroxylation is 1. The second-order valence-corrected chi connectivity index (χ2v) is 4.42. The van der Waals surface area contributed by atoms with Crippen molar-refractivity contribution in [1.29, 1.82) is 0 Å². The van der Waals surface area contributed by atoms with Gasteiger partial charge >= 0.3 is 5.69 Å². The van der Waals surface area contributed by atoms with Gasteiger partial charge in [-0.3, -0.25) is 24.6 Å². The van der Waals surface area contributed by atoms with E-state index in [4.69, 9.17) is 5.73 Å². The van der Waals surface area contributed by atoms with Crippen LogP contribution in [0.15, 0.2) is 12.3 Å². The van der Waals surface area contributed by atoms with Gasteiger partial charge in [0, 0.05) is 25.2 Å². The fraction of sp³-hybridized carbons (Fsp3) is 0.364. The van der Waals surface area contributed by atoms with E-state index >= 15 is 0 Å². The molecule has 2 heterocycles. The Labute approximate surface area is 108 Å². The van der Waals surface area contributed by atoms with Crippen molar-refractivity contribution in [3.8, 4) is 0 Å². The van der Waals surface area contributed by atoms with Crippen molar-refractivity contribution in [1.82, 2.24) is 4.98 Å². The van der Waals surface area contributed by atoms with E-state index in [-0.39, 0.29) is 30.4 Å². The number of primary amides is 1. The molecule has 2 amide bonds. The SMILES string of the molecule is Cc1cnc(N2CC(C(N)=O)CC2=O)c([N+](=O)[O-])c1. The number of nitro groups is 1. The van der Waals surface area contributed by atoms with Crippen LogP contribution in [0.2, 0.25) is 0 Å². The van der Waals surface area contributed by atoms with Gasteiger partial charge in [0.2, 0.25) is 17.6 Å². The van der Waals surface area contributed by atoms with Crippen LogP contribution in [0.3, 0.4) is 0 Å². The fourth-order valence-electron chi connectivity index (χ4n) is 1.99. The number of hydrogen-bond donors (Lipinski definition) is 1.